The Hall–Kier alpha value is -0.810. The molecular weight excluding hydrogens is 280 g/mol. The van der Waals surface area contributed by atoms with E-state index in [0.29, 0.717) is 5.92 Å². The molecule has 1 aliphatic rings. The van der Waals surface area contributed by atoms with Gasteiger partial charge in [0.25, 0.3) is 0 Å². The molecule has 0 saturated heterocycles. The lowest BCUT2D eigenvalue weighted by molar-refractivity contribution is 0.0421. The Bertz CT molecular complexity index is 363. The third-order valence-electron chi connectivity index (χ3n) is 4.81. The van der Waals surface area contributed by atoms with Gasteiger partial charge in [0.15, 0.2) is 0 Å². The summed E-state index contributed by atoms with van der Waals surface area (Å²) in [5.74, 6) is 0.366. The summed E-state index contributed by atoms with van der Waals surface area (Å²) in [5.41, 5.74) is 5.91. The summed E-state index contributed by atoms with van der Waals surface area (Å²) < 4.78 is 5.34. The number of ether oxygens (including phenoxy) is 1. The standard InChI is InChI=1S/C17H34N2O3/c1-7-11(8-2)14(18)13-12(9-10(3)15(13)20)19-16(21)22-17(4,5)6/h10-15,20H,7-9,18H2,1-6H3,(H,19,21)/t10-,12+,13+,14-,15+/m0/s1. The summed E-state index contributed by atoms with van der Waals surface area (Å²) >= 11 is 0. The quantitative estimate of drug-likeness (QED) is 0.728. The zero-order valence-electron chi connectivity index (χ0n) is 14.9. The third-order valence-corrected chi connectivity index (χ3v) is 4.81. The van der Waals surface area contributed by atoms with E-state index in [2.05, 4.69) is 19.2 Å². The topological polar surface area (TPSA) is 84.6 Å². The Balaban J connectivity index is 2.81. The molecule has 1 saturated carbocycles. The van der Waals surface area contributed by atoms with Crippen LogP contribution in [-0.2, 0) is 4.74 Å². The molecule has 1 rings (SSSR count). The fourth-order valence-electron chi connectivity index (χ4n) is 3.57. The Morgan fingerprint density at radius 3 is 2.36 bits per heavy atom. The number of carbonyl (C=O) groups excluding carboxylic acids is 1. The number of alkyl carbamates (subject to hydrolysis) is 1. The highest BCUT2D eigenvalue weighted by molar-refractivity contribution is 5.68. The van der Waals surface area contributed by atoms with Crippen molar-refractivity contribution in [2.24, 2.45) is 23.5 Å². The van der Waals surface area contributed by atoms with Crippen LogP contribution in [0.3, 0.4) is 0 Å². The molecule has 0 aliphatic heterocycles. The average Bonchev–Trinajstić information content (AvgIpc) is 2.63. The normalized spacial score (nSPS) is 30.4. The second kappa shape index (κ2) is 7.64. The average molecular weight is 314 g/mol. The van der Waals surface area contributed by atoms with Gasteiger partial charge in [-0.3, -0.25) is 0 Å². The highest BCUT2D eigenvalue weighted by atomic mass is 16.6. The maximum atomic E-state index is 12.0. The van der Waals surface area contributed by atoms with Crippen LogP contribution in [0.4, 0.5) is 4.79 Å². The van der Waals surface area contributed by atoms with Crippen LogP contribution in [-0.4, -0.2) is 35.0 Å². The molecule has 5 atom stereocenters. The van der Waals surface area contributed by atoms with Gasteiger partial charge in [-0.05, 0) is 39.0 Å². The highest BCUT2D eigenvalue weighted by Gasteiger charge is 2.45. The minimum atomic E-state index is -0.528. The number of nitrogens with two attached hydrogens (primary N) is 1. The first-order valence-electron chi connectivity index (χ1n) is 8.53. The van der Waals surface area contributed by atoms with Gasteiger partial charge in [0.2, 0.25) is 0 Å². The van der Waals surface area contributed by atoms with Gasteiger partial charge in [-0.2, -0.15) is 0 Å². The molecule has 4 N–H and O–H groups in total. The zero-order valence-corrected chi connectivity index (χ0v) is 14.9. The van der Waals surface area contributed by atoms with E-state index in [1.54, 1.807) is 0 Å². The van der Waals surface area contributed by atoms with Crippen molar-refractivity contribution >= 4 is 6.09 Å². The van der Waals surface area contributed by atoms with Crippen molar-refractivity contribution in [2.45, 2.75) is 84.6 Å². The van der Waals surface area contributed by atoms with Crippen LogP contribution in [0.5, 0.6) is 0 Å². The van der Waals surface area contributed by atoms with E-state index in [9.17, 15) is 9.90 Å². The number of hydrogen-bond donors (Lipinski definition) is 3. The number of carbonyl (C=O) groups is 1. The van der Waals surface area contributed by atoms with Gasteiger partial charge >= 0.3 is 6.09 Å². The number of amides is 1. The van der Waals surface area contributed by atoms with Gasteiger partial charge in [0, 0.05) is 18.0 Å². The third kappa shape index (κ3) is 4.85. The van der Waals surface area contributed by atoms with Gasteiger partial charge in [0.05, 0.1) is 6.10 Å². The minimum Gasteiger partial charge on any atom is -0.444 e. The van der Waals surface area contributed by atoms with Crippen LogP contribution in [0.15, 0.2) is 0 Å². The summed E-state index contributed by atoms with van der Waals surface area (Å²) in [5, 5.41) is 13.4. The minimum absolute atomic E-state index is 0.116. The van der Waals surface area contributed by atoms with Gasteiger partial charge in [-0.1, -0.05) is 33.6 Å². The lowest BCUT2D eigenvalue weighted by Crippen LogP contribution is -2.51. The molecular formula is C17H34N2O3. The second-order valence-corrected chi connectivity index (χ2v) is 7.69. The van der Waals surface area contributed by atoms with Crippen molar-refractivity contribution in [2.75, 3.05) is 0 Å². The van der Waals surface area contributed by atoms with Crippen molar-refractivity contribution in [3.05, 3.63) is 0 Å². The summed E-state index contributed by atoms with van der Waals surface area (Å²) in [6, 6.07) is -0.245. The molecule has 0 heterocycles. The highest BCUT2D eigenvalue weighted by Crippen LogP contribution is 2.36. The van der Waals surface area contributed by atoms with Crippen LogP contribution in [0, 0.1) is 17.8 Å². The van der Waals surface area contributed by atoms with Crippen LogP contribution in [0.2, 0.25) is 0 Å². The van der Waals surface area contributed by atoms with E-state index in [4.69, 9.17) is 10.5 Å². The molecule has 0 bridgehead atoms. The summed E-state index contributed by atoms with van der Waals surface area (Å²) in [6.07, 6.45) is 1.79. The van der Waals surface area contributed by atoms with E-state index in [1.165, 1.54) is 0 Å². The van der Waals surface area contributed by atoms with Crippen molar-refractivity contribution < 1.29 is 14.6 Å². The molecule has 1 aliphatic carbocycles. The number of rotatable bonds is 5. The van der Waals surface area contributed by atoms with E-state index >= 15 is 0 Å². The van der Waals surface area contributed by atoms with E-state index < -0.39 is 17.8 Å². The molecule has 1 amide bonds. The fourth-order valence-corrected chi connectivity index (χ4v) is 3.57. The molecule has 0 aromatic carbocycles. The Morgan fingerprint density at radius 1 is 1.36 bits per heavy atom. The number of nitrogens with one attached hydrogen (secondary N) is 1. The number of aliphatic hydroxyl groups excluding tert-OH is 1. The number of aliphatic hydroxyl groups is 1. The molecule has 1 fully saturated rings. The molecule has 0 spiro atoms. The van der Waals surface area contributed by atoms with E-state index in [1.807, 2.05) is 27.7 Å². The molecule has 0 aromatic rings. The Kier molecular flexibility index (Phi) is 6.68. The zero-order chi connectivity index (χ0) is 17.1. The molecule has 5 nitrogen and oxygen atoms in total. The summed E-state index contributed by atoms with van der Waals surface area (Å²) in [6.45, 7) is 11.8. The first-order valence-corrected chi connectivity index (χ1v) is 8.53. The van der Waals surface area contributed by atoms with Crippen LogP contribution >= 0.6 is 0 Å². The predicted molar refractivity (Wildman–Crippen MR) is 88.5 cm³/mol. The second-order valence-electron chi connectivity index (χ2n) is 7.69. The van der Waals surface area contributed by atoms with Gasteiger partial charge in [-0.15, -0.1) is 0 Å². The molecule has 0 unspecified atom stereocenters. The van der Waals surface area contributed by atoms with Crippen LogP contribution in [0.25, 0.3) is 0 Å². The monoisotopic (exact) mass is 314 g/mol. The largest absolute Gasteiger partial charge is 0.444 e. The van der Waals surface area contributed by atoms with Gasteiger partial charge in [-0.25, -0.2) is 4.79 Å². The van der Waals surface area contributed by atoms with Crippen molar-refractivity contribution in [3.8, 4) is 0 Å². The predicted octanol–water partition coefficient (Wildman–Crippen LogP) is 2.66. The summed E-state index contributed by atoms with van der Waals surface area (Å²) in [4.78, 5) is 12.0. The summed E-state index contributed by atoms with van der Waals surface area (Å²) in [7, 11) is 0. The smallest absolute Gasteiger partial charge is 0.407 e. The fraction of sp³-hybridized carbons (Fsp3) is 0.941. The first-order chi connectivity index (χ1) is 10.1. The lowest BCUT2D eigenvalue weighted by atomic mass is 9.81. The maximum absolute atomic E-state index is 12.0. The van der Waals surface area contributed by atoms with Crippen molar-refractivity contribution in [1.82, 2.24) is 5.32 Å². The molecule has 0 radical (unpaired) electrons. The van der Waals surface area contributed by atoms with Crippen molar-refractivity contribution in [1.29, 1.82) is 0 Å². The van der Waals surface area contributed by atoms with Crippen LogP contribution in [0.1, 0.15) is 60.8 Å². The lowest BCUT2D eigenvalue weighted by Gasteiger charge is -2.34. The molecule has 5 heteroatoms. The SMILES string of the molecule is CCC(CC)[C@H](N)[C@@H]1[C@H](O)[C@@H](C)C[C@H]1NC(=O)OC(C)(C)C. The maximum Gasteiger partial charge on any atom is 0.407 e. The van der Waals surface area contributed by atoms with E-state index in [0.717, 1.165) is 19.3 Å². The van der Waals surface area contributed by atoms with E-state index in [-0.39, 0.29) is 23.9 Å². The van der Waals surface area contributed by atoms with Crippen molar-refractivity contribution in [3.63, 3.8) is 0 Å². The Labute approximate surface area is 135 Å². The molecule has 0 aromatic heterocycles. The number of hydrogen-bond acceptors (Lipinski definition) is 4. The first kappa shape index (κ1) is 19.2. The van der Waals surface area contributed by atoms with Gasteiger partial charge in [0.1, 0.15) is 5.60 Å². The Morgan fingerprint density at radius 2 is 1.91 bits per heavy atom. The van der Waals surface area contributed by atoms with Crippen LogP contribution < -0.4 is 11.1 Å². The molecule has 22 heavy (non-hydrogen) atoms. The molecule has 130 valence electrons. The van der Waals surface area contributed by atoms with Gasteiger partial charge < -0.3 is 20.9 Å².